The molecule has 7 nitrogen and oxygen atoms in total. The largest absolute Gasteiger partial charge is 0.384 e. The lowest BCUT2D eigenvalue weighted by atomic mass is 9.55. The Morgan fingerprint density at radius 3 is 2.33 bits per heavy atom. The van der Waals surface area contributed by atoms with Crippen molar-refractivity contribution >= 4 is 29.3 Å². The summed E-state index contributed by atoms with van der Waals surface area (Å²) < 4.78 is 0. The van der Waals surface area contributed by atoms with Gasteiger partial charge in [0.1, 0.15) is 0 Å². The van der Waals surface area contributed by atoms with Crippen molar-refractivity contribution in [1.29, 1.82) is 5.41 Å². The molecule has 4 fully saturated rings. The SMILES string of the molecule is N=C(/C(C(N)=O)=C1/CN(C(=O)NC23CCC(c4ccccc4)(CC2)CC3)CCN1)c1cccc(Cl)c1. The lowest BCUT2D eigenvalue weighted by molar-refractivity contribution is -0.114. The molecule has 1 heterocycles. The molecule has 6 rings (SSSR count). The molecule has 0 unspecified atom stereocenters. The molecule has 4 aliphatic rings. The molecule has 3 aliphatic carbocycles. The smallest absolute Gasteiger partial charge is 0.318 e. The van der Waals surface area contributed by atoms with Gasteiger partial charge in [-0.1, -0.05) is 54.1 Å². The number of nitrogens with one attached hydrogen (secondary N) is 3. The molecule has 3 amide bonds. The van der Waals surface area contributed by atoms with Crippen LogP contribution in [0.2, 0.25) is 5.02 Å². The molecule has 5 N–H and O–H groups in total. The highest BCUT2D eigenvalue weighted by Gasteiger charge is 2.50. The molecule has 0 atom stereocenters. The van der Waals surface area contributed by atoms with E-state index in [1.807, 2.05) is 0 Å². The summed E-state index contributed by atoms with van der Waals surface area (Å²) in [4.78, 5) is 27.5. The number of hydrogen-bond donors (Lipinski definition) is 4. The first-order chi connectivity index (χ1) is 17.3. The summed E-state index contributed by atoms with van der Waals surface area (Å²) in [5.74, 6) is -0.708. The van der Waals surface area contributed by atoms with Crippen molar-refractivity contribution in [2.24, 2.45) is 5.73 Å². The van der Waals surface area contributed by atoms with E-state index in [9.17, 15) is 9.59 Å². The van der Waals surface area contributed by atoms with Crippen LogP contribution in [0, 0.1) is 5.41 Å². The van der Waals surface area contributed by atoms with E-state index >= 15 is 0 Å². The van der Waals surface area contributed by atoms with Gasteiger partial charge >= 0.3 is 6.03 Å². The summed E-state index contributed by atoms with van der Waals surface area (Å²) in [6, 6.07) is 17.4. The Hall–Kier alpha value is -3.32. The average molecular weight is 506 g/mol. The van der Waals surface area contributed by atoms with E-state index < -0.39 is 5.91 Å². The van der Waals surface area contributed by atoms with Crippen LogP contribution < -0.4 is 16.4 Å². The normalized spacial score (nSPS) is 26.6. The zero-order chi connectivity index (χ0) is 25.3. The Morgan fingerprint density at radius 2 is 1.69 bits per heavy atom. The van der Waals surface area contributed by atoms with E-state index in [1.165, 1.54) is 5.56 Å². The van der Waals surface area contributed by atoms with Crippen molar-refractivity contribution in [3.8, 4) is 0 Å². The molecular weight excluding hydrogens is 474 g/mol. The van der Waals surface area contributed by atoms with Gasteiger partial charge in [0.2, 0.25) is 0 Å². The monoisotopic (exact) mass is 505 g/mol. The third-order valence-corrected chi connectivity index (χ3v) is 8.51. The van der Waals surface area contributed by atoms with E-state index in [1.54, 1.807) is 29.2 Å². The maximum Gasteiger partial charge on any atom is 0.318 e. The quantitative estimate of drug-likeness (QED) is 0.362. The maximum atomic E-state index is 13.4. The fraction of sp³-hybridized carbons (Fsp3) is 0.393. The molecule has 36 heavy (non-hydrogen) atoms. The number of nitrogens with zero attached hydrogens (tertiary/aromatic N) is 1. The van der Waals surface area contributed by atoms with Gasteiger partial charge in [0.25, 0.3) is 5.91 Å². The second-order valence-corrected chi connectivity index (χ2v) is 10.7. The number of urea groups is 1. The number of benzene rings is 2. The third-order valence-electron chi connectivity index (χ3n) is 8.27. The van der Waals surface area contributed by atoms with E-state index in [0.717, 1.165) is 38.5 Å². The van der Waals surface area contributed by atoms with Crippen LogP contribution in [0.3, 0.4) is 0 Å². The highest BCUT2D eigenvalue weighted by molar-refractivity contribution is 6.32. The Bertz CT molecular complexity index is 1200. The van der Waals surface area contributed by atoms with Gasteiger partial charge in [-0.15, -0.1) is 0 Å². The van der Waals surface area contributed by atoms with Crippen LogP contribution in [0.15, 0.2) is 65.9 Å². The van der Waals surface area contributed by atoms with E-state index in [-0.39, 0.29) is 34.8 Å². The average Bonchev–Trinajstić information content (AvgIpc) is 2.90. The van der Waals surface area contributed by atoms with Gasteiger partial charge in [0.15, 0.2) is 0 Å². The number of piperazine rings is 1. The van der Waals surface area contributed by atoms with Crippen molar-refractivity contribution < 1.29 is 9.59 Å². The van der Waals surface area contributed by atoms with Gasteiger partial charge in [-0.05, 0) is 61.6 Å². The van der Waals surface area contributed by atoms with Gasteiger partial charge in [-0.2, -0.15) is 0 Å². The highest BCUT2D eigenvalue weighted by atomic mass is 35.5. The molecule has 3 saturated carbocycles. The van der Waals surface area contributed by atoms with Crippen molar-refractivity contribution in [2.45, 2.75) is 49.5 Å². The van der Waals surface area contributed by atoms with Gasteiger partial charge < -0.3 is 21.3 Å². The van der Waals surface area contributed by atoms with Crippen molar-refractivity contribution in [2.75, 3.05) is 19.6 Å². The van der Waals surface area contributed by atoms with Crippen LogP contribution in [0.1, 0.15) is 49.7 Å². The third kappa shape index (κ3) is 4.60. The lowest BCUT2D eigenvalue weighted by Crippen LogP contribution is -2.61. The first-order valence-corrected chi connectivity index (χ1v) is 12.9. The van der Waals surface area contributed by atoms with Crippen LogP contribution in [-0.4, -0.2) is 47.7 Å². The molecule has 0 radical (unpaired) electrons. The zero-order valence-electron chi connectivity index (χ0n) is 20.3. The molecule has 0 aromatic heterocycles. The first kappa shape index (κ1) is 24.4. The lowest BCUT2D eigenvalue weighted by Gasteiger charge is -2.54. The van der Waals surface area contributed by atoms with Crippen LogP contribution in [0.5, 0.6) is 0 Å². The standard InChI is InChI=1S/C28H32ClN5O2/c29-21-8-4-5-19(17-21)24(30)23(25(31)35)22-18-34(16-15-32-22)26(36)33-28-12-9-27(10-13-28,11-14-28)20-6-2-1-3-7-20/h1-8,17,30,32H,9-16,18H2,(H2,31,35)(H,33,36)/b23-22+,30-24?. The Balaban J connectivity index is 1.29. The minimum absolute atomic E-state index is 0.00911. The van der Waals surface area contributed by atoms with Gasteiger partial charge in [0.05, 0.1) is 17.8 Å². The fourth-order valence-corrected chi connectivity index (χ4v) is 6.31. The number of carbonyl (C=O) groups is 2. The number of carbonyl (C=O) groups excluding carboxylic acids is 2. The number of halogens is 1. The molecule has 1 aliphatic heterocycles. The zero-order valence-corrected chi connectivity index (χ0v) is 21.0. The number of nitrogens with two attached hydrogens (primary N) is 1. The Labute approximate surface area is 216 Å². The summed E-state index contributed by atoms with van der Waals surface area (Å²) in [6.07, 6.45) is 6.13. The highest BCUT2D eigenvalue weighted by Crippen LogP contribution is 2.53. The number of rotatable bonds is 5. The van der Waals surface area contributed by atoms with E-state index in [4.69, 9.17) is 22.7 Å². The summed E-state index contributed by atoms with van der Waals surface area (Å²) in [5.41, 5.74) is 8.22. The molecule has 2 aromatic rings. The topological polar surface area (TPSA) is 111 Å². The molecule has 2 bridgehead atoms. The predicted molar refractivity (Wildman–Crippen MR) is 141 cm³/mol. The van der Waals surface area contributed by atoms with E-state index in [2.05, 4.69) is 41.0 Å². The molecule has 2 aromatic carbocycles. The fourth-order valence-electron chi connectivity index (χ4n) is 6.12. The summed E-state index contributed by atoms with van der Waals surface area (Å²) in [6.45, 7) is 1.18. The minimum atomic E-state index is -0.708. The summed E-state index contributed by atoms with van der Waals surface area (Å²) in [7, 11) is 0. The number of hydrogen-bond acceptors (Lipinski definition) is 4. The van der Waals surface area contributed by atoms with Crippen LogP contribution in [0.4, 0.5) is 4.79 Å². The van der Waals surface area contributed by atoms with Crippen LogP contribution in [-0.2, 0) is 10.2 Å². The maximum absolute atomic E-state index is 13.4. The number of primary amides is 1. The molecule has 188 valence electrons. The van der Waals surface area contributed by atoms with Crippen molar-refractivity contribution in [1.82, 2.24) is 15.5 Å². The van der Waals surface area contributed by atoms with Crippen LogP contribution in [0.25, 0.3) is 0 Å². The molecule has 1 saturated heterocycles. The first-order valence-electron chi connectivity index (χ1n) is 12.6. The molecule has 0 spiro atoms. The molecular formula is C28H32ClN5O2. The predicted octanol–water partition coefficient (Wildman–Crippen LogP) is 4.11. The Kier molecular flexibility index (Phi) is 6.51. The van der Waals surface area contributed by atoms with Gasteiger partial charge in [0, 0.05) is 34.9 Å². The summed E-state index contributed by atoms with van der Waals surface area (Å²) >= 11 is 6.08. The summed E-state index contributed by atoms with van der Waals surface area (Å²) in [5, 5.41) is 15.6. The molecule has 8 heteroatoms. The second kappa shape index (κ2) is 9.62. The Morgan fingerprint density at radius 1 is 1.00 bits per heavy atom. The minimum Gasteiger partial charge on any atom is -0.384 e. The van der Waals surface area contributed by atoms with Crippen LogP contribution >= 0.6 is 11.6 Å². The van der Waals surface area contributed by atoms with E-state index in [0.29, 0.717) is 29.4 Å². The van der Waals surface area contributed by atoms with Crippen molar-refractivity contribution in [3.63, 3.8) is 0 Å². The van der Waals surface area contributed by atoms with Gasteiger partial charge in [-0.3, -0.25) is 10.2 Å². The number of fused-ring (bicyclic) bond motifs is 3. The van der Waals surface area contributed by atoms with Crippen molar-refractivity contribution in [3.05, 3.63) is 82.0 Å². The van der Waals surface area contributed by atoms with Gasteiger partial charge in [-0.25, -0.2) is 4.79 Å². The number of amides is 3. The second-order valence-electron chi connectivity index (χ2n) is 10.3.